The molecule has 19 heavy (non-hydrogen) atoms. The van der Waals surface area contributed by atoms with Gasteiger partial charge in [0.25, 0.3) is 0 Å². The van der Waals surface area contributed by atoms with Crippen LogP contribution in [0.3, 0.4) is 0 Å². The molecule has 2 N–H and O–H groups in total. The third-order valence-corrected chi connectivity index (χ3v) is 4.64. The van der Waals surface area contributed by atoms with Gasteiger partial charge in [0.1, 0.15) is 0 Å². The van der Waals surface area contributed by atoms with E-state index in [1.54, 1.807) is 0 Å². The van der Waals surface area contributed by atoms with Crippen LogP contribution in [0.25, 0.3) is 0 Å². The Morgan fingerprint density at radius 2 is 2.11 bits per heavy atom. The summed E-state index contributed by atoms with van der Waals surface area (Å²) in [6.07, 6.45) is 5.75. The number of hydrogen-bond acceptors (Lipinski definition) is 2. The molecule has 102 valence electrons. The van der Waals surface area contributed by atoms with E-state index in [0.717, 1.165) is 35.7 Å². The van der Waals surface area contributed by atoms with Crippen LogP contribution in [0.2, 0.25) is 0 Å². The molecule has 1 amide bonds. The summed E-state index contributed by atoms with van der Waals surface area (Å²) >= 11 is 0. The van der Waals surface area contributed by atoms with E-state index in [1.807, 2.05) is 18.2 Å². The lowest BCUT2D eigenvalue weighted by molar-refractivity contribution is -0.114. The zero-order valence-corrected chi connectivity index (χ0v) is 11.5. The van der Waals surface area contributed by atoms with E-state index < -0.39 is 0 Å². The number of amides is 1. The largest absolute Gasteiger partial charge is 0.385 e. The van der Waals surface area contributed by atoms with Crippen LogP contribution in [-0.4, -0.2) is 12.5 Å². The molecular weight excluding hydrogens is 236 g/mol. The van der Waals surface area contributed by atoms with Gasteiger partial charge >= 0.3 is 0 Å². The minimum absolute atomic E-state index is 0.0229. The average molecular weight is 258 g/mol. The van der Waals surface area contributed by atoms with Crippen molar-refractivity contribution in [3.8, 4) is 0 Å². The van der Waals surface area contributed by atoms with Crippen LogP contribution in [-0.2, 0) is 4.79 Å². The Kier molecular flexibility index (Phi) is 3.45. The molecule has 1 aromatic rings. The Labute approximate surface area is 114 Å². The third-order valence-electron chi connectivity index (χ3n) is 4.64. The second-order valence-electron chi connectivity index (χ2n) is 6.08. The van der Waals surface area contributed by atoms with Gasteiger partial charge in [0.15, 0.2) is 0 Å². The van der Waals surface area contributed by atoms with E-state index >= 15 is 0 Å². The smallest absolute Gasteiger partial charge is 0.221 e. The lowest BCUT2D eigenvalue weighted by atomic mass is 9.89. The second-order valence-corrected chi connectivity index (χ2v) is 6.08. The van der Waals surface area contributed by atoms with Crippen LogP contribution in [0.15, 0.2) is 24.3 Å². The summed E-state index contributed by atoms with van der Waals surface area (Å²) in [5, 5.41) is 6.35. The second kappa shape index (κ2) is 5.24. The fraction of sp³-hybridized carbons (Fsp3) is 0.562. The molecule has 3 heteroatoms. The van der Waals surface area contributed by atoms with Gasteiger partial charge in [-0.05, 0) is 55.2 Å². The highest BCUT2D eigenvalue weighted by atomic mass is 16.1. The van der Waals surface area contributed by atoms with Crippen molar-refractivity contribution in [1.29, 1.82) is 0 Å². The molecule has 0 heterocycles. The van der Waals surface area contributed by atoms with Crippen molar-refractivity contribution >= 4 is 17.3 Å². The number of carbonyl (C=O) groups is 1. The van der Waals surface area contributed by atoms with Crippen LogP contribution >= 0.6 is 0 Å². The Morgan fingerprint density at radius 3 is 2.79 bits per heavy atom. The molecule has 3 nitrogen and oxygen atoms in total. The van der Waals surface area contributed by atoms with Gasteiger partial charge in [0.05, 0.1) is 0 Å². The maximum Gasteiger partial charge on any atom is 0.221 e. The molecule has 0 radical (unpaired) electrons. The standard InChI is InChI=1S/C16H22N2O/c1-11(19)18-16-4-2-3-15(9-16)17-10-14-8-12-5-6-13(14)7-12/h2-4,9,12-14,17H,5-8,10H2,1H3,(H,18,19). The van der Waals surface area contributed by atoms with Gasteiger partial charge in [-0.25, -0.2) is 0 Å². The van der Waals surface area contributed by atoms with Crippen molar-refractivity contribution in [2.45, 2.75) is 32.6 Å². The van der Waals surface area contributed by atoms with Gasteiger partial charge in [-0.3, -0.25) is 4.79 Å². The lowest BCUT2D eigenvalue weighted by Crippen LogP contribution is -2.20. The van der Waals surface area contributed by atoms with Crippen molar-refractivity contribution in [3.63, 3.8) is 0 Å². The molecule has 2 bridgehead atoms. The van der Waals surface area contributed by atoms with E-state index in [1.165, 1.54) is 32.6 Å². The zero-order valence-electron chi connectivity index (χ0n) is 11.5. The molecule has 1 aromatic carbocycles. The highest BCUT2D eigenvalue weighted by molar-refractivity contribution is 5.89. The summed E-state index contributed by atoms with van der Waals surface area (Å²) < 4.78 is 0. The maximum absolute atomic E-state index is 11.0. The number of benzene rings is 1. The first-order chi connectivity index (χ1) is 9.20. The van der Waals surface area contributed by atoms with E-state index in [2.05, 4.69) is 16.7 Å². The topological polar surface area (TPSA) is 41.1 Å². The fourth-order valence-electron chi connectivity index (χ4n) is 3.79. The maximum atomic E-state index is 11.0. The zero-order chi connectivity index (χ0) is 13.2. The summed E-state index contributed by atoms with van der Waals surface area (Å²) in [6, 6.07) is 7.98. The normalized spacial score (nSPS) is 28.4. The van der Waals surface area contributed by atoms with Gasteiger partial charge in [0.2, 0.25) is 5.91 Å². The minimum atomic E-state index is -0.0229. The Balaban J connectivity index is 1.56. The minimum Gasteiger partial charge on any atom is -0.385 e. The fourth-order valence-corrected chi connectivity index (χ4v) is 3.79. The summed E-state index contributed by atoms with van der Waals surface area (Å²) in [5.41, 5.74) is 1.97. The van der Waals surface area contributed by atoms with Crippen molar-refractivity contribution < 1.29 is 4.79 Å². The molecule has 3 rings (SSSR count). The third kappa shape index (κ3) is 2.91. The molecule has 0 aromatic heterocycles. The highest BCUT2D eigenvalue weighted by Crippen LogP contribution is 2.48. The van der Waals surface area contributed by atoms with Crippen LogP contribution in [0.1, 0.15) is 32.6 Å². The van der Waals surface area contributed by atoms with Crippen LogP contribution in [0, 0.1) is 17.8 Å². The number of carbonyl (C=O) groups excluding carboxylic acids is 1. The molecule has 2 fully saturated rings. The van der Waals surface area contributed by atoms with Crippen molar-refractivity contribution in [2.24, 2.45) is 17.8 Å². The molecule has 3 unspecified atom stereocenters. The number of fused-ring (bicyclic) bond motifs is 2. The summed E-state index contributed by atoms with van der Waals surface area (Å²) in [4.78, 5) is 11.0. The SMILES string of the molecule is CC(=O)Nc1cccc(NCC2CC3CCC2C3)c1. The summed E-state index contributed by atoms with van der Waals surface area (Å²) in [5.74, 6) is 2.78. The average Bonchev–Trinajstić information content (AvgIpc) is 2.98. The van der Waals surface area contributed by atoms with Gasteiger partial charge in [-0.15, -0.1) is 0 Å². The predicted octanol–water partition coefficient (Wildman–Crippen LogP) is 3.49. The number of hydrogen-bond donors (Lipinski definition) is 2. The Bertz CT molecular complexity index is 472. The molecule has 0 aliphatic heterocycles. The summed E-state index contributed by atoms with van der Waals surface area (Å²) in [7, 11) is 0. The van der Waals surface area contributed by atoms with Crippen LogP contribution in [0.4, 0.5) is 11.4 Å². The van der Waals surface area contributed by atoms with E-state index in [0.29, 0.717) is 0 Å². The van der Waals surface area contributed by atoms with E-state index in [4.69, 9.17) is 0 Å². The molecular formula is C16H22N2O. The monoisotopic (exact) mass is 258 g/mol. The van der Waals surface area contributed by atoms with Gasteiger partial charge in [0, 0.05) is 24.8 Å². The first kappa shape index (κ1) is 12.5. The molecule has 3 atom stereocenters. The van der Waals surface area contributed by atoms with Gasteiger partial charge < -0.3 is 10.6 Å². The molecule has 2 saturated carbocycles. The Hall–Kier alpha value is -1.51. The molecule has 2 aliphatic carbocycles. The first-order valence-corrected chi connectivity index (χ1v) is 7.32. The number of nitrogens with one attached hydrogen (secondary N) is 2. The van der Waals surface area contributed by atoms with E-state index in [-0.39, 0.29) is 5.91 Å². The predicted molar refractivity (Wildman–Crippen MR) is 78.2 cm³/mol. The number of rotatable bonds is 4. The first-order valence-electron chi connectivity index (χ1n) is 7.32. The Morgan fingerprint density at radius 1 is 1.26 bits per heavy atom. The lowest BCUT2D eigenvalue weighted by Gasteiger charge is -2.22. The molecule has 2 aliphatic rings. The van der Waals surface area contributed by atoms with E-state index in [9.17, 15) is 4.79 Å². The van der Waals surface area contributed by atoms with Crippen LogP contribution < -0.4 is 10.6 Å². The quantitative estimate of drug-likeness (QED) is 0.868. The van der Waals surface area contributed by atoms with Gasteiger partial charge in [-0.2, -0.15) is 0 Å². The van der Waals surface area contributed by atoms with Crippen molar-refractivity contribution in [1.82, 2.24) is 0 Å². The summed E-state index contributed by atoms with van der Waals surface area (Å²) in [6.45, 7) is 2.61. The van der Waals surface area contributed by atoms with Crippen LogP contribution in [0.5, 0.6) is 0 Å². The molecule has 0 spiro atoms. The number of anilines is 2. The van der Waals surface area contributed by atoms with Crippen molar-refractivity contribution in [3.05, 3.63) is 24.3 Å². The highest BCUT2D eigenvalue weighted by Gasteiger charge is 2.38. The van der Waals surface area contributed by atoms with Gasteiger partial charge in [-0.1, -0.05) is 12.5 Å². The molecule has 0 saturated heterocycles. The van der Waals surface area contributed by atoms with Crippen molar-refractivity contribution in [2.75, 3.05) is 17.2 Å².